The fraction of sp³-hybridized carbons (Fsp3) is 0.364. The number of hydrogen-bond donors (Lipinski definition) is 2. The van der Waals surface area contributed by atoms with Crippen molar-refractivity contribution in [2.75, 3.05) is 11.9 Å². The fourth-order valence-electron chi connectivity index (χ4n) is 1.25. The lowest BCUT2D eigenvalue weighted by Crippen LogP contribution is -2.11. The van der Waals surface area contributed by atoms with Gasteiger partial charge in [-0.3, -0.25) is 4.79 Å². The van der Waals surface area contributed by atoms with Crippen molar-refractivity contribution in [2.24, 2.45) is 0 Å². The zero-order valence-electron chi connectivity index (χ0n) is 8.67. The number of hydrogen-bond acceptors (Lipinski definition) is 2. The first kappa shape index (κ1) is 12.9. The normalized spacial score (nSPS) is 10.2. The van der Waals surface area contributed by atoms with Crippen LogP contribution in [0.1, 0.15) is 19.3 Å². The zero-order chi connectivity index (χ0) is 12.0. The van der Waals surface area contributed by atoms with Gasteiger partial charge in [-0.2, -0.15) is 0 Å². The van der Waals surface area contributed by atoms with E-state index in [0.29, 0.717) is 24.9 Å². The summed E-state index contributed by atoms with van der Waals surface area (Å²) in [6.07, 6.45) is 1.48. The van der Waals surface area contributed by atoms with Crippen molar-refractivity contribution in [3.8, 4) is 0 Å². The Morgan fingerprint density at radius 1 is 1.38 bits per heavy atom. The maximum atomic E-state index is 12.9. The number of nitrogens with one attached hydrogen (secondary N) is 1. The largest absolute Gasteiger partial charge is 0.396 e. The number of aliphatic hydroxyl groups excluding tert-OH is 1. The summed E-state index contributed by atoms with van der Waals surface area (Å²) in [6.45, 7) is 0.0685. The first-order valence-electron chi connectivity index (χ1n) is 4.98. The number of amides is 1. The topological polar surface area (TPSA) is 49.3 Å². The van der Waals surface area contributed by atoms with E-state index < -0.39 is 5.82 Å². The van der Waals surface area contributed by atoms with Crippen molar-refractivity contribution >= 4 is 23.2 Å². The second kappa shape index (κ2) is 6.45. The average Bonchev–Trinajstić information content (AvgIpc) is 2.16. The maximum Gasteiger partial charge on any atom is 0.224 e. The van der Waals surface area contributed by atoms with Gasteiger partial charge in [0.15, 0.2) is 0 Å². The summed E-state index contributed by atoms with van der Waals surface area (Å²) in [6, 6.07) is 3.85. The summed E-state index contributed by atoms with van der Waals surface area (Å²) >= 11 is 5.64. The minimum absolute atomic E-state index is 0.0685. The van der Waals surface area contributed by atoms with Gasteiger partial charge in [-0.25, -0.2) is 4.39 Å². The molecule has 0 unspecified atom stereocenters. The lowest BCUT2D eigenvalue weighted by molar-refractivity contribution is -0.116. The molecule has 88 valence electrons. The number of carbonyl (C=O) groups is 1. The molecule has 0 radical (unpaired) electrons. The molecule has 0 aliphatic heterocycles. The molecule has 0 aromatic heterocycles. The molecule has 0 saturated heterocycles. The Bertz CT molecular complexity index is 351. The van der Waals surface area contributed by atoms with Crippen LogP contribution in [0.5, 0.6) is 0 Å². The second-order valence-corrected chi connectivity index (χ2v) is 3.82. The van der Waals surface area contributed by atoms with Crippen LogP contribution in [0.25, 0.3) is 0 Å². The van der Waals surface area contributed by atoms with E-state index in [9.17, 15) is 9.18 Å². The minimum Gasteiger partial charge on any atom is -0.396 e. The molecule has 0 saturated carbocycles. The van der Waals surface area contributed by atoms with E-state index in [0.717, 1.165) is 0 Å². The van der Waals surface area contributed by atoms with Crippen molar-refractivity contribution < 1.29 is 14.3 Å². The van der Waals surface area contributed by atoms with E-state index in [1.165, 1.54) is 18.2 Å². The highest BCUT2D eigenvalue weighted by atomic mass is 35.5. The van der Waals surface area contributed by atoms with Crippen LogP contribution < -0.4 is 5.32 Å². The van der Waals surface area contributed by atoms with Crippen LogP contribution in [0, 0.1) is 5.82 Å². The molecule has 0 heterocycles. The number of anilines is 1. The van der Waals surface area contributed by atoms with Crippen molar-refractivity contribution in [1.82, 2.24) is 0 Å². The Labute approximate surface area is 98.2 Å². The number of benzene rings is 1. The monoisotopic (exact) mass is 245 g/mol. The SMILES string of the molecule is O=C(CCCCO)Nc1cc(F)cc(Cl)c1. The lowest BCUT2D eigenvalue weighted by atomic mass is 10.2. The number of unbranched alkanes of at least 4 members (excludes halogenated alkanes) is 1. The average molecular weight is 246 g/mol. The molecule has 16 heavy (non-hydrogen) atoms. The van der Waals surface area contributed by atoms with Gasteiger partial charge in [0.2, 0.25) is 5.91 Å². The Hall–Kier alpha value is -1.13. The van der Waals surface area contributed by atoms with Crippen molar-refractivity contribution in [1.29, 1.82) is 0 Å². The predicted octanol–water partition coefficient (Wildman–Crippen LogP) is 2.58. The summed E-state index contributed by atoms with van der Waals surface area (Å²) in [5, 5.41) is 11.3. The van der Waals surface area contributed by atoms with Crippen LogP contribution in [0.4, 0.5) is 10.1 Å². The molecule has 3 nitrogen and oxygen atoms in total. The Kier molecular flexibility index (Phi) is 5.22. The van der Waals surface area contributed by atoms with Crippen LogP contribution in [0.15, 0.2) is 18.2 Å². The molecule has 0 fully saturated rings. The molecule has 1 aromatic rings. The first-order chi connectivity index (χ1) is 7.61. The number of aliphatic hydroxyl groups is 1. The summed E-state index contributed by atoms with van der Waals surface area (Å²) in [7, 11) is 0. The minimum atomic E-state index is -0.488. The molecule has 1 amide bonds. The third kappa shape index (κ3) is 4.59. The highest BCUT2D eigenvalue weighted by molar-refractivity contribution is 6.30. The van der Waals surface area contributed by atoms with Gasteiger partial charge in [0, 0.05) is 23.7 Å². The maximum absolute atomic E-state index is 12.9. The number of halogens is 2. The molecule has 1 rings (SSSR count). The molecule has 0 aliphatic rings. The first-order valence-corrected chi connectivity index (χ1v) is 5.36. The van der Waals surface area contributed by atoms with Crippen LogP contribution in [-0.2, 0) is 4.79 Å². The quantitative estimate of drug-likeness (QED) is 0.784. The van der Waals surface area contributed by atoms with E-state index in [1.807, 2.05) is 0 Å². The van der Waals surface area contributed by atoms with Gasteiger partial charge in [0.1, 0.15) is 5.82 Å². The van der Waals surface area contributed by atoms with Crippen LogP contribution in [-0.4, -0.2) is 17.6 Å². The van der Waals surface area contributed by atoms with Gasteiger partial charge < -0.3 is 10.4 Å². The van der Waals surface area contributed by atoms with Gasteiger partial charge in [0.25, 0.3) is 0 Å². The van der Waals surface area contributed by atoms with Crippen molar-refractivity contribution in [3.05, 3.63) is 29.0 Å². The highest BCUT2D eigenvalue weighted by Crippen LogP contribution is 2.18. The Morgan fingerprint density at radius 3 is 2.75 bits per heavy atom. The van der Waals surface area contributed by atoms with E-state index >= 15 is 0 Å². The van der Waals surface area contributed by atoms with E-state index in [4.69, 9.17) is 16.7 Å². The van der Waals surface area contributed by atoms with E-state index in [1.54, 1.807) is 0 Å². The van der Waals surface area contributed by atoms with Crippen LogP contribution >= 0.6 is 11.6 Å². The van der Waals surface area contributed by atoms with Gasteiger partial charge in [0.05, 0.1) is 0 Å². The Balaban J connectivity index is 2.49. The predicted molar refractivity (Wildman–Crippen MR) is 61.0 cm³/mol. The van der Waals surface area contributed by atoms with Gasteiger partial charge in [-0.1, -0.05) is 11.6 Å². The molecule has 5 heteroatoms. The zero-order valence-corrected chi connectivity index (χ0v) is 9.43. The van der Waals surface area contributed by atoms with Crippen molar-refractivity contribution in [2.45, 2.75) is 19.3 Å². The molecule has 1 aromatic carbocycles. The lowest BCUT2D eigenvalue weighted by Gasteiger charge is -2.05. The third-order valence-electron chi connectivity index (χ3n) is 1.96. The third-order valence-corrected chi connectivity index (χ3v) is 2.18. The fourth-order valence-corrected chi connectivity index (χ4v) is 1.47. The number of carbonyl (C=O) groups excluding carboxylic acids is 1. The summed E-state index contributed by atoms with van der Waals surface area (Å²) < 4.78 is 12.9. The molecule has 0 atom stereocenters. The number of rotatable bonds is 5. The smallest absolute Gasteiger partial charge is 0.224 e. The molecular formula is C11H13ClFNO2. The van der Waals surface area contributed by atoms with Gasteiger partial charge >= 0.3 is 0 Å². The van der Waals surface area contributed by atoms with Gasteiger partial charge in [-0.15, -0.1) is 0 Å². The van der Waals surface area contributed by atoms with Crippen LogP contribution in [0.3, 0.4) is 0 Å². The highest BCUT2D eigenvalue weighted by Gasteiger charge is 2.04. The molecular weight excluding hydrogens is 233 g/mol. The Morgan fingerprint density at radius 2 is 2.12 bits per heavy atom. The van der Waals surface area contributed by atoms with Crippen molar-refractivity contribution in [3.63, 3.8) is 0 Å². The second-order valence-electron chi connectivity index (χ2n) is 3.39. The molecule has 0 bridgehead atoms. The summed E-state index contributed by atoms with van der Waals surface area (Å²) in [4.78, 5) is 11.4. The van der Waals surface area contributed by atoms with Gasteiger partial charge in [-0.05, 0) is 31.0 Å². The summed E-state index contributed by atoms with van der Waals surface area (Å²) in [5.74, 6) is -0.701. The molecule has 0 spiro atoms. The van der Waals surface area contributed by atoms with E-state index in [-0.39, 0.29) is 17.5 Å². The standard InChI is InChI=1S/C11H13ClFNO2/c12-8-5-9(13)7-10(6-8)14-11(16)3-1-2-4-15/h5-7,15H,1-4H2,(H,14,16). The van der Waals surface area contributed by atoms with E-state index in [2.05, 4.69) is 5.32 Å². The summed E-state index contributed by atoms with van der Waals surface area (Å²) in [5.41, 5.74) is 0.346. The molecule has 0 aliphatic carbocycles. The van der Waals surface area contributed by atoms with Crippen LogP contribution in [0.2, 0.25) is 5.02 Å². The molecule has 2 N–H and O–H groups in total.